The Kier molecular flexibility index (Phi) is 16.2. The van der Waals surface area contributed by atoms with E-state index in [1.807, 2.05) is 34.0 Å². The van der Waals surface area contributed by atoms with Gasteiger partial charge in [0.15, 0.2) is 0 Å². The molecule has 11 nitrogen and oxygen atoms in total. The highest BCUT2D eigenvalue weighted by Crippen LogP contribution is 2.09. The zero-order valence-electron chi connectivity index (χ0n) is 21.6. The van der Waals surface area contributed by atoms with Gasteiger partial charge in [0.1, 0.15) is 18.1 Å². The van der Waals surface area contributed by atoms with E-state index in [9.17, 15) is 29.1 Å². The van der Waals surface area contributed by atoms with Gasteiger partial charge in [-0.3, -0.25) is 24.0 Å². The van der Waals surface area contributed by atoms with Crippen LogP contribution >= 0.6 is 11.8 Å². The molecule has 1 radical (unpaired) electrons. The number of amides is 4. The molecule has 0 aromatic heterocycles. The number of aliphatic hydroxyl groups excluding tert-OH is 1. The van der Waals surface area contributed by atoms with E-state index in [4.69, 9.17) is 5.73 Å². The van der Waals surface area contributed by atoms with Crippen molar-refractivity contribution < 1.29 is 29.1 Å². The summed E-state index contributed by atoms with van der Waals surface area (Å²) in [5.41, 5.74) is 5.98. The Labute approximate surface area is 212 Å². The lowest BCUT2D eigenvalue weighted by molar-refractivity contribution is -0.135. The lowest BCUT2D eigenvalue weighted by Gasteiger charge is -2.26. The number of carbonyl (C=O) groups is 4. The fourth-order valence-electron chi connectivity index (χ4n) is 3.07. The summed E-state index contributed by atoms with van der Waals surface area (Å²) in [4.78, 5) is 61.5. The predicted molar refractivity (Wildman–Crippen MR) is 136 cm³/mol. The number of hydrogen-bond donors (Lipinski definition) is 6. The summed E-state index contributed by atoms with van der Waals surface area (Å²) in [5.74, 6) is -1.95. The first-order valence-corrected chi connectivity index (χ1v) is 13.3. The fourth-order valence-corrected chi connectivity index (χ4v) is 3.54. The van der Waals surface area contributed by atoms with Crippen LogP contribution in [-0.2, 0) is 24.0 Å². The minimum atomic E-state index is -1.35. The number of rotatable bonds is 17. The van der Waals surface area contributed by atoms with E-state index < -0.39 is 60.4 Å². The SMILES string of the molecule is CC[C@H](C)[C@H](N)C(=O)N[C@@H](CC(C)C)C(=O)N[C@@H](CO)C(=O)N[C@@H](CCSC)C(=O)N[C@@H](C)[C]=O. The number of nitrogens with two attached hydrogens (primary N) is 1. The second-order valence-electron chi connectivity index (χ2n) is 9.04. The van der Waals surface area contributed by atoms with Gasteiger partial charge in [-0.15, -0.1) is 0 Å². The van der Waals surface area contributed by atoms with Gasteiger partial charge in [0.05, 0.1) is 18.7 Å². The quantitative estimate of drug-likeness (QED) is 0.146. The molecule has 7 N–H and O–H groups in total. The van der Waals surface area contributed by atoms with E-state index in [0.717, 1.165) is 0 Å². The van der Waals surface area contributed by atoms with Crippen molar-refractivity contribution in [3.05, 3.63) is 0 Å². The standard InChI is InChI=1S/C23H42N5O6S/c1-7-14(4)19(24)23(34)27-17(10-13(2)3)21(32)28-18(12-30)22(33)26-16(8-9-35-6)20(31)25-15(5)11-29/h13-19,30H,7-10,12,24H2,1-6H3,(H,25,31)(H,26,33)(H,27,34)(H,28,32)/t14-,15-,16-,17-,18-,19-/m0/s1. The van der Waals surface area contributed by atoms with E-state index in [0.29, 0.717) is 18.6 Å². The molecule has 0 aromatic carbocycles. The molecule has 0 spiro atoms. The Bertz CT molecular complexity index is 708. The molecule has 201 valence electrons. The molecule has 0 aliphatic rings. The van der Waals surface area contributed by atoms with Gasteiger partial charge >= 0.3 is 0 Å². The Morgan fingerprint density at radius 3 is 1.89 bits per heavy atom. The maximum atomic E-state index is 12.9. The van der Waals surface area contributed by atoms with Crippen LogP contribution in [-0.4, -0.2) is 83.8 Å². The monoisotopic (exact) mass is 516 g/mol. The van der Waals surface area contributed by atoms with Crippen molar-refractivity contribution in [3.63, 3.8) is 0 Å². The van der Waals surface area contributed by atoms with Gasteiger partial charge in [-0.1, -0.05) is 34.1 Å². The van der Waals surface area contributed by atoms with Gasteiger partial charge in [0.25, 0.3) is 0 Å². The van der Waals surface area contributed by atoms with Crippen LogP contribution in [0.15, 0.2) is 0 Å². The van der Waals surface area contributed by atoms with Crippen LogP contribution in [0.5, 0.6) is 0 Å². The third kappa shape index (κ3) is 12.4. The minimum Gasteiger partial charge on any atom is -0.394 e. The molecule has 0 rings (SSSR count). The summed E-state index contributed by atoms with van der Waals surface area (Å²) in [6.45, 7) is 8.23. The maximum Gasteiger partial charge on any atom is 0.245 e. The maximum absolute atomic E-state index is 12.9. The van der Waals surface area contributed by atoms with Gasteiger partial charge < -0.3 is 32.1 Å². The molecule has 0 saturated heterocycles. The third-order valence-electron chi connectivity index (χ3n) is 5.49. The zero-order chi connectivity index (χ0) is 27.1. The molecule has 0 aliphatic carbocycles. The van der Waals surface area contributed by atoms with Gasteiger partial charge in [0.2, 0.25) is 29.9 Å². The fraction of sp³-hybridized carbons (Fsp3) is 0.783. The van der Waals surface area contributed by atoms with E-state index in [1.54, 1.807) is 6.29 Å². The second kappa shape index (κ2) is 17.3. The number of carbonyl (C=O) groups excluding carboxylic acids is 5. The lowest BCUT2D eigenvalue weighted by atomic mass is 9.97. The molecular weight excluding hydrogens is 474 g/mol. The molecule has 6 atom stereocenters. The first-order chi connectivity index (χ1) is 16.4. The van der Waals surface area contributed by atoms with E-state index in [2.05, 4.69) is 21.3 Å². The van der Waals surface area contributed by atoms with Crippen LogP contribution in [0.4, 0.5) is 0 Å². The molecule has 0 saturated carbocycles. The van der Waals surface area contributed by atoms with Crippen molar-refractivity contribution in [2.45, 2.75) is 84.1 Å². The van der Waals surface area contributed by atoms with Crippen molar-refractivity contribution in [2.24, 2.45) is 17.6 Å². The summed E-state index contributed by atoms with van der Waals surface area (Å²) >= 11 is 1.47. The molecule has 35 heavy (non-hydrogen) atoms. The van der Waals surface area contributed by atoms with Gasteiger partial charge in [-0.05, 0) is 43.6 Å². The van der Waals surface area contributed by atoms with Crippen LogP contribution in [0.2, 0.25) is 0 Å². The molecule has 4 amide bonds. The number of hydrogen-bond acceptors (Lipinski definition) is 8. The molecule has 12 heteroatoms. The van der Waals surface area contributed by atoms with Crippen LogP contribution in [0.3, 0.4) is 0 Å². The highest BCUT2D eigenvalue weighted by atomic mass is 32.2. The predicted octanol–water partition coefficient (Wildman–Crippen LogP) is -0.780. The topological polar surface area (TPSA) is 180 Å². The average Bonchev–Trinajstić information content (AvgIpc) is 2.82. The third-order valence-corrected chi connectivity index (χ3v) is 6.14. The van der Waals surface area contributed by atoms with Crippen LogP contribution < -0.4 is 27.0 Å². The van der Waals surface area contributed by atoms with E-state index >= 15 is 0 Å². The van der Waals surface area contributed by atoms with Crippen LogP contribution in [0.1, 0.15) is 53.9 Å². The Morgan fingerprint density at radius 1 is 0.886 bits per heavy atom. The zero-order valence-corrected chi connectivity index (χ0v) is 22.4. The number of thioether (sulfide) groups is 1. The summed E-state index contributed by atoms with van der Waals surface area (Å²) in [6.07, 6.45) is 4.74. The van der Waals surface area contributed by atoms with Gasteiger partial charge in [-0.25, -0.2) is 0 Å². The van der Waals surface area contributed by atoms with Crippen molar-refractivity contribution in [1.29, 1.82) is 0 Å². The smallest absolute Gasteiger partial charge is 0.245 e. The highest BCUT2D eigenvalue weighted by Gasteiger charge is 2.31. The summed E-state index contributed by atoms with van der Waals surface area (Å²) < 4.78 is 0. The van der Waals surface area contributed by atoms with Crippen LogP contribution in [0.25, 0.3) is 0 Å². The van der Waals surface area contributed by atoms with Crippen molar-refractivity contribution in [3.8, 4) is 0 Å². The molecule has 0 aliphatic heterocycles. The molecule has 0 heterocycles. The van der Waals surface area contributed by atoms with Crippen LogP contribution in [0, 0.1) is 11.8 Å². The summed E-state index contributed by atoms with van der Waals surface area (Å²) in [7, 11) is 0. The van der Waals surface area contributed by atoms with Crippen molar-refractivity contribution in [1.82, 2.24) is 21.3 Å². The first kappa shape index (κ1) is 32.8. The Balaban J connectivity index is 5.41. The van der Waals surface area contributed by atoms with Crippen molar-refractivity contribution in [2.75, 3.05) is 18.6 Å². The summed E-state index contributed by atoms with van der Waals surface area (Å²) in [5, 5.41) is 19.8. The van der Waals surface area contributed by atoms with E-state index in [-0.39, 0.29) is 18.3 Å². The number of nitrogens with one attached hydrogen (secondary N) is 4. The molecule has 0 aromatic rings. The van der Waals surface area contributed by atoms with E-state index in [1.165, 1.54) is 18.7 Å². The second-order valence-corrected chi connectivity index (χ2v) is 10.0. The summed E-state index contributed by atoms with van der Waals surface area (Å²) in [6, 6.07) is -4.93. The van der Waals surface area contributed by atoms with Crippen molar-refractivity contribution >= 4 is 41.7 Å². The largest absolute Gasteiger partial charge is 0.394 e. The molecular formula is C23H42N5O6S. The normalized spacial score (nSPS) is 16.3. The molecule has 0 fully saturated rings. The Hall–Kier alpha value is -2.18. The molecule has 0 bridgehead atoms. The Morgan fingerprint density at radius 2 is 1.40 bits per heavy atom. The minimum absolute atomic E-state index is 0.0449. The highest BCUT2D eigenvalue weighted by molar-refractivity contribution is 7.98. The average molecular weight is 517 g/mol. The first-order valence-electron chi connectivity index (χ1n) is 11.9. The van der Waals surface area contributed by atoms with Gasteiger partial charge in [0, 0.05) is 0 Å². The lowest BCUT2D eigenvalue weighted by Crippen LogP contribution is -2.59. The molecule has 0 unspecified atom stereocenters. The van der Waals surface area contributed by atoms with Gasteiger partial charge in [-0.2, -0.15) is 11.8 Å². The number of aliphatic hydroxyl groups is 1.